The summed E-state index contributed by atoms with van der Waals surface area (Å²) in [5.74, 6) is -0.646. The molecule has 1 aromatic carbocycles. The summed E-state index contributed by atoms with van der Waals surface area (Å²) in [5, 5.41) is 9.95. The second-order valence-corrected chi connectivity index (χ2v) is 4.69. The van der Waals surface area contributed by atoms with Gasteiger partial charge in [0.15, 0.2) is 6.04 Å². The molecule has 0 radical (unpaired) electrons. The first-order chi connectivity index (χ1) is 10.6. The minimum Gasteiger partial charge on any atom is -0.467 e. The number of nitrogens with zero attached hydrogens (tertiary/aromatic N) is 1. The number of halogens is 1. The van der Waals surface area contributed by atoms with Crippen molar-refractivity contribution in [3.05, 3.63) is 35.9 Å². The number of hydrogen-bond acceptors (Lipinski definition) is 5. The zero-order valence-electron chi connectivity index (χ0n) is 13.0. The van der Waals surface area contributed by atoms with Crippen molar-refractivity contribution >= 4 is 24.5 Å². The number of hydroxylamine groups is 2. The lowest BCUT2D eigenvalue weighted by molar-refractivity contribution is -0.188. The van der Waals surface area contributed by atoms with Gasteiger partial charge < -0.3 is 15.6 Å². The molecule has 23 heavy (non-hydrogen) atoms. The molecule has 8 heteroatoms. The van der Waals surface area contributed by atoms with Gasteiger partial charge in [-0.1, -0.05) is 30.3 Å². The number of carboxylic acid groups (broad SMARTS) is 1. The van der Waals surface area contributed by atoms with Gasteiger partial charge in [-0.2, -0.15) is 5.06 Å². The number of esters is 1. The summed E-state index contributed by atoms with van der Waals surface area (Å²) in [6.45, 7) is 0.531. The highest BCUT2D eigenvalue weighted by Crippen LogP contribution is 2.14. The van der Waals surface area contributed by atoms with Gasteiger partial charge in [-0.05, 0) is 31.4 Å². The van der Waals surface area contributed by atoms with Crippen LogP contribution in [0.3, 0.4) is 0 Å². The molecule has 0 spiro atoms. The van der Waals surface area contributed by atoms with Gasteiger partial charge in [0, 0.05) is 0 Å². The monoisotopic (exact) mass is 346 g/mol. The minimum atomic E-state index is -1.33. The molecule has 0 aliphatic carbocycles. The molecular formula is C15H23ClN2O5. The van der Waals surface area contributed by atoms with Crippen LogP contribution in [0.1, 0.15) is 24.8 Å². The Morgan fingerprint density at radius 1 is 1.26 bits per heavy atom. The van der Waals surface area contributed by atoms with Crippen molar-refractivity contribution in [2.75, 3.05) is 13.7 Å². The van der Waals surface area contributed by atoms with Crippen LogP contribution in [0.25, 0.3) is 0 Å². The third kappa shape index (κ3) is 7.32. The molecule has 1 aromatic rings. The Kier molecular flexibility index (Phi) is 10.8. The number of carbonyl (C=O) groups excluding carboxylic acids is 1. The van der Waals surface area contributed by atoms with Crippen molar-refractivity contribution < 1.29 is 24.3 Å². The minimum absolute atomic E-state index is 0. The van der Waals surface area contributed by atoms with Crippen molar-refractivity contribution in [3.8, 4) is 0 Å². The Labute approximate surface area is 141 Å². The molecule has 0 fully saturated rings. The zero-order valence-corrected chi connectivity index (χ0v) is 13.8. The average molecular weight is 347 g/mol. The number of unbranched alkanes of at least 4 members (excludes halogenated alkanes) is 1. The van der Waals surface area contributed by atoms with Crippen LogP contribution in [0.15, 0.2) is 30.3 Å². The molecule has 1 rings (SSSR count). The first-order valence-electron chi connectivity index (χ1n) is 7.07. The molecule has 1 amide bonds. The van der Waals surface area contributed by atoms with Gasteiger partial charge in [0.1, 0.15) is 6.61 Å². The van der Waals surface area contributed by atoms with Crippen LogP contribution in [0, 0.1) is 0 Å². The standard InChI is InChI=1S/C15H22N2O5.ClH/c1-21-14(18)13(9-5-6-10-16)17(15(19)20)22-11-12-7-3-2-4-8-12;/h2-4,7-8,13H,5-6,9-11,16H2,1H3,(H,19,20);1H/t13-;/m0./s1. The quantitative estimate of drug-likeness (QED) is 0.403. The Morgan fingerprint density at radius 3 is 2.43 bits per heavy atom. The fourth-order valence-electron chi connectivity index (χ4n) is 1.95. The summed E-state index contributed by atoms with van der Waals surface area (Å²) in [7, 11) is 1.22. The smallest absolute Gasteiger partial charge is 0.432 e. The summed E-state index contributed by atoms with van der Waals surface area (Å²) in [4.78, 5) is 28.5. The fourth-order valence-corrected chi connectivity index (χ4v) is 1.95. The number of benzene rings is 1. The second-order valence-electron chi connectivity index (χ2n) is 4.69. The van der Waals surface area contributed by atoms with Gasteiger partial charge >= 0.3 is 12.1 Å². The second kappa shape index (κ2) is 11.7. The first kappa shape index (κ1) is 21.2. The van der Waals surface area contributed by atoms with Crippen molar-refractivity contribution in [2.24, 2.45) is 5.73 Å². The third-order valence-corrected chi connectivity index (χ3v) is 3.09. The average Bonchev–Trinajstić information content (AvgIpc) is 2.53. The van der Waals surface area contributed by atoms with E-state index in [1.165, 1.54) is 7.11 Å². The van der Waals surface area contributed by atoms with Crippen LogP contribution in [0.2, 0.25) is 0 Å². The van der Waals surface area contributed by atoms with Crippen LogP contribution in [0.4, 0.5) is 4.79 Å². The molecule has 0 aliphatic rings. The molecule has 0 aliphatic heterocycles. The third-order valence-electron chi connectivity index (χ3n) is 3.09. The summed E-state index contributed by atoms with van der Waals surface area (Å²) < 4.78 is 4.67. The molecular weight excluding hydrogens is 324 g/mol. The lowest BCUT2D eigenvalue weighted by Gasteiger charge is -2.26. The molecule has 0 bridgehead atoms. The molecule has 0 saturated carbocycles. The van der Waals surface area contributed by atoms with Crippen molar-refractivity contribution in [2.45, 2.75) is 31.9 Å². The number of carbonyl (C=O) groups is 2. The predicted molar refractivity (Wildman–Crippen MR) is 87.1 cm³/mol. The number of rotatable bonds is 9. The Balaban J connectivity index is 0.00000484. The molecule has 0 heterocycles. The first-order valence-corrected chi connectivity index (χ1v) is 7.07. The highest BCUT2D eigenvalue weighted by atomic mass is 35.5. The number of amides is 1. The van der Waals surface area contributed by atoms with E-state index >= 15 is 0 Å². The predicted octanol–water partition coefficient (Wildman–Crippen LogP) is 2.19. The van der Waals surface area contributed by atoms with Crippen molar-refractivity contribution in [1.82, 2.24) is 5.06 Å². The topological polar surface area (TPSA) is 102 Å². The van der Waals surface area contributed by atoms with Gasteiger partial charge in [-0.15, -0.1) is 12.4 Å². The fraction of sp³-hybridized carbons (Fsp3) is 0.467. The number of ether oxygens (including phenoxy) is 1. The van der Waals surface area contributed by atoms with E-state index in [4.69, 9.17) is 10.6 Å². The molecule has 0 saturated heterocycles. The summed E-state index contributed by atoms with van der Waals surface area (Å²) in [5.41, 5.74) is 6.22. The van der Waals surface area contributed by atoms with E-state index in [0.717, 1.165) is 5.56 Å². The van der Waals surface area contributed by atoms with Crippen molar-refractivity contribution in [1.29, 1.82) is 0 Å². The number of hydrogen-bond donors (Lipinski definition) is 2. The van der Waals surface area contributed by atoms with E-state index in [1.54, 1.807) is 0 Å². The number of methoxy groups -OCH3 is 1. The molecule has 0 aromatic heterocycles. The molecule has 3 N–H and O–H groups in total. The SMILES string of the molecule is COC(=O)[C@H](CCCCN)N(OCc1ccccc1)C(=O)O.Cl. The van der Waals surface area contributed by atoms with Gasteiger partial charge in [0.2, 0.25) is 0 Å². The summed E-state index contributed by atoms with van der Waals surface area (Å²) >= 11 is 0. The normalized spacial score (nSPS) is 11.2. The molecule has 130 valence electrons. The Morgan fingerprint density at radius 2 is 1.91 bits per heavy atom. The van der Waals surface area contributed by atoms with Gasteiger partial charge in [-0.3, -0.25) is 4.84 Å². The van der Waals surface area contributed by atoms with E-state index in [1.807, 2.05) is 30.3 Å². The highest BCUT2D eigenvalue weighted by molar-refractivity contribution is 5.85. The Bertz CT molecular complexity index is 472. The van der Waals surface area contributed by atoms with Gasteiger partial charge in [-0.25, -0.2) is 9.59 Å². The maximum Gasteiger partial charge on any atom is 0.432 e. The van der Waals surface area contributed by atoms with Crippen LogP contribution < -0.4 is 5.73 Å². The van der Waals surface area contributed by atoms with E-state index in [-0.39, 0.29) is 19.0 Å². The molecule has 0 unspecified atom stereocenters. The van der Waals surface area contributed by atoms with E-state index in [2.05, 4.69) is 4.74 Å². The van der Waals surface area contributed by atoms with Crippen LogP contribution in [0.5, 0.6) is 0 Å². The molecule has 1 atom stereocenters. The number of nitrogens with two attached hydrogens (primary N) is 1. The van der Waals surface area contributed by atoms with E-state index in [0.29, 0.717) is 30.9 Å². The van der Waals surface area contributed by atoms with Crippen LogP contribution >= 0.6 is 12.4 Å². The van der Waals surface area contributed by atoms with E-state index < -0.39 is 18.1 Å². The van der Waals surface area contributed by atoms with E-state index in [9.17, 15) is 14.7 Å². The van der Waals surface area contributed by atoms with Crippen LogP contribution in [-0.2, 0) is 21.0 Å². The summed E-state index contributed by atoms with van der Waals surface area (Å²) in [6.07, 6.45) is 0.262. The van der Waals surface area contributed by atoms with Crippen molar-refractivity contribution in [3.63, 3.8) is 0 Å². The highest BCUT2D eigenvalue weighted by Gasteiger charge is 2.31. The van der Waals surface area contributed by atoms with Crippen LogP contribution in [-0.4, -0.2) is 41.9 Å². The Hall–Kier alpha value is -1.83. The maximum absolute atomic E-state index is 11.8. The lowest BCUT2D eigenvalue weighted by atomic mass is 10.1. The molecule has 7 nitrogen and oxygen atoms in total. The summed E-state index contributed by atoms with van der Waals surface area (Å²) in [6, 6.07) is 8.11. The largest absolute Gasteiger partial charge is 0.467 e. The zero-order chi connectivity index (χ0) is 16.4. The maximum atomic E-state index is 11.8. The van der Waals surface area contributed by atoms with Gasteiger partial charge in [0.05, 0.1) is 7.11 Å². The lowest BCUT2D eigenvalue weighted by Crippen LogP contribution is -2.45. The van der Waals surface area contributed by atoms with Gasteiger partial charge in [0.25, 0.3) is 0 Å².